The fourth-order valence-corrected chi connectivity index (χ4v) is 7.06. The summed E-state index contributed by atoms with van der Waals surface area (Å²) in [6, 6.07) is 8.45. The summed E-state index contributed by atoms with van der Waals surface area (Å²) in [5, 5.41) is 20.3. The molecule has 18 nitrogen and oxygen atoms in total. The Balaban J connectivity index is 1.62. The van der Waals surface area contributed by atoms with Gasteiger partial charge in [0.05, 0.1) is 25.2 Å². The van der Waals surface area contributed by atoms with E-state index in [1.165, 1.54) is 72.0 Å². The monoisotopic (exact) mass is 815 g/mol. The van der Waals surface area contributed by atoms with Crippen LogP contribution >= 0.6 is 0 Å². The van der Waals surface area contributed by atoms with Crippen LogP contribution in [0.25, 0.3) is 0 Å². The van der Waals surface area contributed by atoms with Crippen LogP contribution in [0.5, 0.6) is 23.0 Å². The van der Waals surface area contributed by atoms with Crippen LogP contribution < -0.4 is 30.2 Å². The van der Waals surface area contributed by atoms with Crippen LogP contribution in [0.4, 0.5) is 5.69 Å². The Morgan fingerprint density at radius 1 is 0.695 bits per heavy atom. The molecule has 0 unspecified atom stereocenters. The number of fused-ring (bicyclic) bond motifs is 2. The third-order valence-corrected chi connectivity index (χ3v) is 10.7. The molecular weight excluding hydrogens is 766 g/mol. The number of benzene rings is 3. The molecule has 314 valence electrons. The number of rotatable bonds is 5. The molecule has 0 aromatic heterocycles. The highest BCUT2D eigenvalue weighted by atomic mass is 16.6. The Bertz CT molecular complexity index is 2110. The Hall–Kier alpha value is -6.72. The molecule has 6 amide bonds. The third kappa shape index (κ3) is 9.70. The first kappa shape index (κ1) is 43.4. The van der Waals surface area contributed by atoms with Gasteiger partial charge in [-0.25, -0.2) is 0 Å². The van der Waals surface area contributed by atoms with E-state index in [4.69, 9.17) is 14.2 Å². The Morgan fingerprint density at radius 3 is 1.86 bits per heavy atom. The molecule has 0 aliphatic carbocycles. The first-order valence-electron chi connectivity index (χ1n) is 18.9. The summed E-state index contributed by atoms with van der Waals surface area (Å²) in [6.45, 7) is 4.25. The van der Waals surface area contributed by atoms with Crippen molar-refractivity contribution in [3.05, 3.63) is 87.5 Å². The van der Waals surface area contributed by atoms with Crippen molar-refractivity contribution < 1.29 is 47.9 Å². The van der Waals surface area contributed by atoms with E-state index in [9.17, 15) is 38.9 Å². The molecule has 3 aromatic carbocycles. The molecule has 3 aromatic rings. The van der Waals surface area contributed by atoms with E-state index in [1.807, 2.05) is 0 Å². The van der Waals surface area contributed by atoms with Crippen LogP contribution in [0.3, 0.4) is 0 Å². The van der Waals surface area contributed by atoms with E-state index in [2.05, 4.69) is 16.0 Å². The molecule has 6 rings (SSSR count). The van der Waals surface area contributed by atoms with E-state index in [0.717, 1.165) is 11.0 Å². The molecule has 59 heavy (non-hydrogen) atoms. The SMILES string of the molecule is COc1ccc(C[C@H]2C(=O)N[C@@H](C)C(=O)N(C)[C@H]3Cc4ccc(cc4)Oc4cc(c([N+](=O)[O-])cc4OC)C[C@@H](C(=O)N[C@@H](C)C(=O)N[C@@H](C)C(=O)N2C)N(C)C3=O)cc1. The van der Waals surface area contributed by atoms with Crippen LogP contribution in [0.1, 0.15) is 37.5 Å². The van der Waals surface area contributed by atoms with Gasteiger partial charge in [-0.15, -0.1) is 0 Å². The number of nitrogens with zero attached hydrogens (tertiary/aromatic N) is 4. The zero-order chi connectivity index (χ0) is 43.3. The average molecular weight is 816 g/mol. The van der Waals surface area contributed by atoms with Crippen LogP contribution in [0.15, 0.2) is 60.7 Å². The first-order chi connectivity index (χ1) is 27.9. The molecule has 6 bridgehead atoms. The van der Waals surface area contributed by atoms with Crippen molar-refractivity contribution in [3.63, 3.8) is 0 Å². The molecule has 3 heterocycles. The van der Waals surface area contributed by atoms with Crippen molar-refractivity contribution in [3.8, 4) is 23.0 Å². The van der Waals surface area contributed by atoms with Gasteiger partial charge in [-0.05, 0) is 62.2 Å². The lowest BCUT2D eigenvalue weighted by Gasteiger charge is -2.36. The smallest absolute Gasteiger partial charge is 0.276 e. The fourth-order valence-electron chi connectivity index (χ4n) is 7.06. The maximum absolute atomic E-state index is 14.7. The van der Waals surface area contributed by atoms with Crippen molar-refractivity contribution in [2.45, 2.75) is 76.3 Å². The summed E-state index contributed by atoms with van der Waals surface area (Å²) in [5.74, 6) is -3.21. The van der Waals surface area contributed by atoms with E-state index in [-0.39, 0.29) is 29.9 Å². The van der Waals surface area contributed by atoms with E-state index < -0.39 is 88.7 Å². The second kappa shape index (κ2) is 18.3. The summed E-state index contributed by atoms with van der Waals surface area (Å²) in [6.07, 6.45) is -0.449. The van der Waals surface area contributed by atoms with Gasteiger partial charge in [0, 0.05) is 46.0 Å². The number of hydrogen-bond donors (Lipinski definition) is 3. The molecule has 0 saturated carbocycles. The van der Waals surface area contributed by atoms with Gasteiger partial charge in [-0.2, -0.15) is 0 Å². The van der Waals surface area contributed by atoms with Crippen LogP contribution in [-0.2, 0) is 48.0 Å². The molecule has 18 heteroatoms. The minimum atomic E-state index is -1.48. The number of ether oxygens (including phenoxy) is 3. The lowest BCUT2D eigenvalue weighted by atomic mass is 9.98. The Labute approximate surface area is 341 Å². The van der Waals surface area contributed by atoms with E-state index in [0.29, 0.717) is 22.6 Å². The summed E-state index contributed by atoms with van der Waals surface area (Å²) < 4.78 is 16.8. The number of carbonyl (C=O) groups excluding carboxylic acids is 6. The highest BCUT2D eigenvalue weighted by Gasteiger charge is 2.40. The second-order valence-electron chi connectivity index (χ2n) is 14.7. The predicted molar refractivity (Wildman–Crippen MR) is 213 cm³/mol. The molecule has 0 radical (unpaired) electrons. The number of methoxy groups -OCH3 is 2. The predicted octanol–water partition coefficient (Wildman–Crippen LogP) is 1.75. The summed E-state index contributed by atoms with van der Waals surface area (Å²) >= 11 is 0. The minimum absolute atomic E-state index is 0.00212. The van der Waals surface area contributed by atoms with Crippen LogP contribution in [0.2, 0.25) is 0 Å². The molecule has 3 aliphatic heterocycles. The highest BCUT2D eigenvalue weighted by molar-refractivity contribution is 5.98. The molecule has 1 fully saturated rings. The van der Waals surface area contributed by atoms with Crippen molar-refractivity contribution in [1.29, 1.82) is 0 Å². The van der Waals surface area contributed by atoms with Crippen molar-refractivity contribution >= 4 is 41.1 Å². The largest absolute Gasteiger partial charge is 0.497 e. The topological polar surface area (TPSA) is 219 Å². The standard InChI is InChI=1S/C41H49N7O11/c1-22-36(49)43-23(2)39(52)45(4)31(17-25-9-13-28(57-7)14-10-25)37(50)44-24(3)40(53)47(6)33-18-26-11-15-29(16-12-26)59-35-20-27(30(48(55)56)21-34(35)58-8)19-32(38(51)42-22)46(5)41(33)54/h9-16,20-24,31-33H,17-19H2,1-8H3,(H,42,51)(H,43,49)(H,44,50)/t22-,23-,24-,31-,32-,33-/m0/s1. The maximum atomic E-state index is 14.7. The van der Waals surface area contributed by atoms with Crippen molar-refractivity contribution in [1.82, 2.24) is 30.7 Å². The molecular formula is C41H49N7O11. The normalized spacial score (nSPS) is 23.6. The Kier molecular flexibility index (Phi) is 13.4. The zero-order valence-electron chi connectivity index (χ0n) is 34.1. The lowest BCUT2D eigenvalue weighted by Crippen LogP contribution is -2.61. The molecule has 3 N–H and O–H groups in total. The van der Waals surface area contributed by atoms with Gasteiger partial charge in [-0.3, -0.25) is 38.9 Å². The van der Waals surface area contributed by atoms with E-state index in [1.54, 1.807) is 48.5 Å². The first-order valence-corrected chi connectivity index (χ1v) is 18.9. The summed E-state index contributed by atoms with van der Waals surface area (Å²) in [4.78, 5) is 99.9. The average Bonchev–Trinajstić information content (AvgIpc) is 3.22. The van der Waals surface area contributed by atoms with Gasteiger partial charge in [0.25, 0.3) is 5.69 Å². The number of nitro benzene ring substituents is 1. The second-order valence-corrected chi connectivity index (χ2v) is 14.7. The van der Waals surface area contributed by atoms with Gasteiger partial charge in [-0.1, -0.05) is 24.3 Å². The van der Waals surface area contributed by atoms with Crippen molar-refractivity contribution in [2.24, 2.45) is 0 Å². The molecule has 1 saturated heterocycles. The van der Waals surface area contributed by atoms with Gasteiger partial charge < -0.3 is 44.9 Å². The van der Waals surface area contributed by atoms with Gasteiger partial charge in [0.1, 0.15) is 47.8 Å². The minimum Gasteiger partial charge on any atom is -0.497 e. The number of amides is 6. The number of nitro groups is 1. The number of likely N-dealkylation sites (N-methyl/N-ethyl adjacent to an activating group) is 3. The van der Waals surface area contributed by atoms with Gasteiger partial charge in [0.2, 0.25) is 35.4 Å². The fraction of sp³-hybridized carbons (Fsp3) is 0.415. The van der Waals surface area contributed by atoms with Gasteiger partial charge >= 0.3 is 0 Å². The maximum Gasteiger partial charge on any atom is 0.276 e. The number of carbonyl (C=O) groups is 6. The zero-order valence-corrected chi connectivity index (χ0v) is 34.1. The van der Waals surface area contributed by atoms with Crippen molar-refractivity contribution in [2.75, 3.05) is 35.4 Å². The number of nitrogens with one attached hydrogen (secondary N) is 3. The summed E-state index contributed by atoms with van der Waals surface area (Å²) in [5.41, 5.74) is 0.858. The highest BCUT2D eigenvalue weighted by Crippen LogP contribution is 2.38. The molecule has 0 spiro atoms. The van der Waals surface area contributed by atoms with Gasteiger partial charge in [0.15, 0.2) is 11.5 Å². The Morgan fingerprint density at radius 2 is 1.27 bits per heavy atom. The molecule has 3 aliphatic rings. The number of hydrogen-bond acceptors (Lipinski definition) is 11. The van der Waals surface area contributed by atoms with Crippen LogP contribution in [0, 0.1) is 10.1 Å². The van der Waals surface area contributed by atoms with Crippen LogP contribution in [-0.4, -0.2) is 127 Å². The lowest BCUT2D eigenvalue weighted by molar-refractivity contribution is -0.385. The quantitative estimate of drug-likeness (QED) is 0.249. The third-order valence-electron chi connectivity index (χ3n) is 10.7. The summed E-state index contributed by atoms with van der Waals surface area (Å²) in [7, 11) is 6.97. The molecule has 6 atom stereocenters. The van der Waals surface area contributed by atoms with E-state index >= 15 is 0 Å².